The van der Waals surface area contributed by atoms with Crippen molar-refractivity contribution >= 4 is 34.0 Å². The third-order valence-corrected chi connectivity index (χ3v) is 9.26. The van der Waals surface area contributed by atoms with Gasteiger partial charge >= 0.3 is 12.2 Å². The van der Waals surface area contributed by atoms with Gasteiger partial charge in [-0.25, -0.2) is 13.8 Å². The molecule has 0 aliphatic carbocycles. The largest absolute Gasteiger partial charge is 0.477 e. The Labute approximate surface area is 262 Å². The Morgan fingerprint density at radius 3 is 2.73 bits per heavy atom. The lowest BCUT2D eigenvalue weighted by Crippen LogP contribution is -2.43. The molecule has 0 spiro atoms. The number of nitrogen functional groups attached to an aromatic ring is 1. The molecule has 6 rings (SSSR count). The molecule has 0 amide bonds. The Morgan fingerprint density at radius 1 is 1.22 bits per heavy atom. The van der Waals surface area contributed by atoms with Crippen LogP contribution < -0.4 is 20.1 Å². The van der Waals surface area contributed by atoms with Gasteiger partial charge in [0.25, 0.3) is 0 Å². The minimum Gasteiger partial charge on any atom is -0.477 e. The van der Waals surface area contributed by atoms with E-state index in [1.807, 2.05) is 30.8 Å². The quantitative estimate of drug-likeness (QED) is 0.259. The zero-order valence-corrected chi connectivity index (χ0v) is 26.0. The summed E-state index contributed by atoms with van der Waals surface area (Å²) >= 11 is 6.01. The molecule has 0 saturated carbocycles. The third kappa shape index (κ3) is 5.92. The second-order valence-electron chi connectivity index (χ2n) is 12.4. The van der Waals surface area contributed by atoms with Crippen molar-refractivity contribution in [3.05, 3.63) is 28.5 Å². The molecule has 3 aliphatic heterocycles. The monoisotopic (exact) mass is 655 g/mol. The summed E-state index contributed by atoms with van der Waals surface area (Å²) in [5.74, 6) is -0.966. The maximum Gasteiger partial charge on any atom is 0.418 e. The fourth-order valence-electron chi connectivity index (χ4n) is 6.73. The molecule has 0 bridgehead atoms. The molecule has 2 aromatic heterocycles. The molecule has 2 fully saturated rings. The van der Waals surface area contributed by atoms with Crippen LogP contribution in [0.3, 0.4) is 0 Å². The average molecular weight is 656 g/mol. The second kappa shape index (κ2) is 11.8. The topological polar surface area (TPSA) is 92.9 Å². The number of benzene rings is 1. The number of nitrogens with zero attached hydrogens (tertiary/aromatic N) is 6. The first-order valence-corrected chi connectivity index (χ1v) is 15.3. The van der Waals surface area contributed by atoms with Gasteiger partial charge in [-0.15, -0.1) is 0 Å². The number of nitrogens with two attached hydrogens (primary N) is 1. The van der Waals surface area contributed by atoms with Crippen LogP contribution in [0.25, 0.3) is 22.2 Å². The van der Waals surface area contributed by atoms with E-state index in [9.17, 15) is 17.6 Å². The molecule has 244 valence electrons. The first-order chi connectivity index (χ1) is 21.3. The van der Waals surface area contributed by atoms with E-state index in [-0.39, 0.29) is 53.6 Å². The average Bonchev–Trinajstić information content (AvgIpc) is 3.46. The third-order valence-electron chi connectivity index (χ3n) is 8.96. The SMILES string of the molecule is C[C@@H]1CCOc2nc(-c3cc(N)cc(Cl)c3C(F)(F)F)c(F)c3nc(OC[C@@]45CCCN4C[C@H](F)C5)nc(c23)N1CCN(C)C. The summed E-state index contributed by atoms with van der Waals surface area (Å²) in [5.41, 5.74) is 2.32. The standard InChI is InChI=1S/C30H35ClF5N7O2/c1-16-5-10-44-27-21-25(23(33)24(38-27)19-11-18(37)12-20(31)22(19)30(34,35)36)39-28(40-26(21)43(16)9-8-41(2)3)45-15-29-6-4-7-42(29)14-17(32)13-29/h11-12,16-17H,4-10,13-15,37H2,1-3H3/t16-,17-,29+/m1/s1. The number of anilines is 2. The molecule has 9 nitrogen and oxygen atoms in total. The van der Waals surface area contributed by atoms with Crippen LogP contribution in [0.5, 0.6) is 11.9 Å². The number of hydrogen-bond acceptors (Lipinski definition) is 9. The normalized spacial score (nSPS) is 23.7. The minimum absolute atomic E-state index is 0.0809. The smallest absolute Gasteiger partial charge is 0.418 e. The van der Waals surface area contributed by atoms with Crippen LogP contribution in [-0.4, -0.2) is 96.0 Å². The van der Waals surface area contributed by atoms with Crippen molar-refractivity contribution in [3.8, 4) is 23.1 Å². The lowest BCUT2D eigenvalue weighted by atomic mass is 9.95. The predicted molar refractivity (Wildman–Crippen MR) is 161 cm³/mol. The van der Waals surface area contributed by atoms with E-state index >= 15 is 4.39 Å². The molecule has 2 N–H and O–H groups in total. The van der Waals surface area contributed by atoms with Gasteiger partial charge < -0.3 is 25.0 Å². The van der Waals surface area contributed by atoms with Crippen LogP contribution in [0.15, 0.2) is 12.1 Å². The van der Waals surface area contributed by atoms with E-state index in [2.05, 4.69) is 14.9 Å². The Morgan fingerprint density at radius 2 is 2.00 bits per heavy atom. The van der Waals surface area contributed by atoms with Crippen LogP contribution >= 0.6 is 11.6 Å². The highest BCUT2D eigenvalue weighted by atomic mass is 35.5. The summed E-state index contributed by atoms with van der Waals surface area (Å²) in [5, 5.41) is -0.579. The zero-order chi connectivity index (χ0) is 32.3. The zero-order valence-electron chi connectivity index (χ0n) is 25.2. The van der Waals surface area contributed by atoms with Gasteiger partial charge in [0.1, 0.15) is 35.2 Å². The van der Waals surface area contributed by atoms with Gasteiger partial charge in [-0.1, -0.05) is 11.6 Å². The Balaban J connectivity index is 1.55. The maximum absolute atomic E-state index is 16.7. The number of alkyl halides is 4. The van der Waals surface area contributed by atoms with E-state index in [4.69, 9.17) is 31.8 Å². The summed E-state index contributed by atoms with van der Waals surface area (Å²) in [6, 6.07) is 1.65. The van der Waals surface area contributed by atoms with Crippen molar-refractivity contribution in [2.45, 2.75) is 56.5 Å². The van der Waals surface area contributed by atoms with Gasteiger partial charge in [0.05, 0.1) is 22.7 Å². The highest BCUT2D eigenvalue weighted by Crippen LogP contribution is 2.46. The summed E-state index contributed by atoms with van der Waals surface area (Å²) in [6.45, 7) is 4.41. The second-order valence-corrected chi connectivity index (χ2v) is 12.8. The number of aromatic nitrogens is 3. The van der Waals surface area contributed by atoms with Crippen molar-refractivity contribution in [1.82, 2.24) is 24.8 Å². The summed E-state index contributed by atoms with van der Waals surface area (Å²) in [6.07, 6.45) is -3.48. The molecule has 2 saturated heterocycles. The number of pyridine rings is 1. The fourth-order valence-corrected chi connectivity index (χ4v) is 7.07. The van der Waals surface area contributed by atoms with Crippen molar-refractivity contribution in [1.29, 1.82) is 0 Å². The predicted octanol–water partition coefficient (Wildman–Crippen LogP) is 5.58. The highest BCUT2D eigenvalue weighted by Gasteiger charge is 2.49. The molecule has 3 aliphatic rings. The van der Waals surface area contributed by atoms with Crippen LogP contribution in [0, 0.1) is 5.82 Å². The number of rotatable bonds is 7. The summed E-state index contributed by atoms with van der Waals surface area (Å²) in [4.78, 5) is 19.4. The molecule has 0 radical (unpaired) electrons. The molecule has 3 atom stereocenters. The molecule has 1 aromatic carbocycles. The molecular formula is C30H35ClF5N7O2. The van der Waals surface area contributed by atoms with Crippen LogP contribution in [0.1, 0.15) is 38.2 Å². The van der Waals surface area contributed by atoms with Crippen molar-refractivity contribution in [2.75, 3.05) is 64.1 Å². The summed E-state index contributed by atoms with van der Waals surface area (Å²) < 4.78 is 86.0. The minimum atomic E-state index is -4.94. The molecule has 3 aromatic rings. The number of hydrogen-bond donors (Lipinski definition) is 1. The Hall–Kier alpha value is -3.23. The van der Waals surface area contributed by atoms with Crippen LogP contribution in [0.4, 0.5) is 33.5 Å². The molecule has 0 unspecified atom stereocenters. The highest BCUT2D eigenvalue weighted by molar-refractivity contribution is 6.32. The lowest BCUT2D eigenvalue weighted by Gasteiger charge is -2.34. The van der Waals surface area contributed by atoms with Gasteiger partial charge in [0.15, 0.2) is 5.82 Å². The van der Waals surface area contributed by atoms with Gasteiger partial charge in [-0.3, -0.25) is 4.90 Å². The van der Waals surface area contributed by atoms with Crippen molar-refractivity contribution < 1.29 is 31.4 Å². The number of fused-ring (bicyclic) bond motifs is 1. The first-order valence-electron chi connectivity index (χ1n) is 14.9. The van der Waals surface area contributed by atoms with Gasteiger partial charge in [0.2, 0.25) is 5.88 Å². The van der Waals surface area contributed by atoms with Gasteiger partial charge in [-0.05, 0) is 52.5 Å². The van der Waals surface area contributed by atoms with Crippen molar-refractivity contribution in [2.24, 2.45) is 0 Å². The van der Waals surface area contributed by atoms with E-state index in [1.165, 1.54) is 0 Å². The van der Waals surface area contributed by atoms with Crippen LogP contribution in [-0.2, 0) is 6.18 Å². The molecule has 45 heavy (non-hydrogen) atoms. The number of halogens is 6. The summed E-state index contributed by atoms with van der Waals surface area (Å²) in [7, 11) is 3.84. The van der Waals surface area contributed by atoms with E-state index in [1.54, 1.807) is 0 Å². The maximum atomic E-state index is 16.7. The lowest BCUT2D eigenvalue weighted by molar-refractivity contribution is -0.137. The molecule has 15 heteroatoms. The number of ether oxygens (including phenoxy) is 2. The molecule has 5 heterocycles. The fraction of sp³-hybridized carbons (Fsp3) is 0.567. The van der Waals surface area contributed by atoms with Crippen LogP contribution in [0.2, 0.25) is 5.02 Å². The van der Waals surface area contributed by atoms with E-state index < -0.39 is 45.5 Å². The van der Waals surface area contributed by atoms with Gasteiger partial charge in [-0.2, -0.15) is 23.1 Å². The van der Waals surface area contributed by atoms with E-state index in [0.717, 1.165) is 31.5 Å². The van der Waals surface area contributed by atoms with Crippen molar-refractivity contribution in [3.63, 3.8) is 0 Å². The van der Waals surface area contributed by atoms with E-state index in [0.29, 0.717) is 32.5 Å². The van der Waals surface area contributed by atoms with Gasteiger partial charge in [0, 0.05) is 49.8 Å². The first kappa shape index (κ1) is 31.7. The molecular weight excluding hydrogens is 621 g/mol. The Bertz CT molecular complexity index is 1610. The number of likely N-dealkylation sites (N-methyl/N-ethyl adjacent to an activating group) is 1. The Kier molecular flexibility index (Phi) is 8.36.